The zero-order valence-corrected chi connectivity index (χ0v) is 18.8. The number of thioether (sulfide) groups is 1. The van der Waals surface area contributed by atoms with Crippen molar-refractivity contribution in [1.29, 1.82) is 0 Å². The van der Waals surface area contributed by atoms with E-state index in [-0.39, 0.29) is 16.5 Å². The smallest absolute Gasteiger partial charge is 0.253 e. The Morgan fingerprint density at radius 1 is 1.07 bits per heavy atom. The molecule has 0 aromatic heterocycles. The van der Waals surface area contributed by atoms with Crippen LogP contribution in [0.5, 0.6) is 5.75 Å². The molecule has 9 heteroatoms. The van der Waals surface area contributed by atoms with Gasteiger partial charge in [-0.2, -0.15) is 11.8 Å². The van der Waals surface area contributed by atoms with Crippen molar-refractivity contribution >= 4 is 58.4 Å². The van der Waals surface area contributed by atoms with Crippen LogP contribution in [0.1, 0.15) is 16.8 Å². The molecule has 2 aromatic rings. The Hall–Kier alpha value is -1.60. The molecule has 0 aliphatic heterocycles. The zero-order chi connectivity index (χ0) is 21.2. The van der Waals surface area contributed by atoms with E-state index in [2.05, 4.69) is 10.6 Å². The minimum absolute atomic E-state index is 0.232. The van der Waals surface area contributed by atoms with Crippen LogP contribution in [-0.2, 0) is 4.79 Å². The van der Waals surface area contributed by atoms with E-state index in [0.29, 0.717) is 41.1 Å². The lowest BCUT2D eigenvalue weighted by atomic mass is 10.1. The number of carbonyl (C=O) groups excluding carboxylic acids is 2. The Morgan fingerprint density at radius 2 is 1.76 bits per heavy atom. The van der Waals surface area contributed by atoms with Crippen LogP contribution in [0, 0.1) is 0 Å². The van der Waals surface area contributed by atoms with Crippen molar-refractivity contribution in [1.82, 2.24) is 10.6 Å². The summed E-state index contributed by atoms with van der Waals surface area (Å²) in [5.74, 6) is 0.671. The van der Waals surface area contributed by atoms with Gasteiger partial charge < -0.3 is 15.4 Å². The summed E-state index contributed by atoms with van der Waals surface area (Å²) in [5.41, 5.74) is 0.268. The predicted molar refractivity (Wildman–Crippen MR) is 121 cm³/mol. The summed E-state index contributed by atoms with van der Waals surface area (Å²) >= 11 is 19.4. The molecular weight excluding hydrogens is 455 g/mol. The first kappa shape index (κ1) is 23.7. The van der Waals surface area contributed by atoms with Crippen molar-refractivity contribution < 1.29 is 14.3 Å². The summed E-state index contributed by atoms with van der Waals surface area (Å²) in [4.78, 5) is 25.1. The van der Waals surface area contributed by atoms with Crippen LogP contribution in [0.15, 0.2) is 42.5 Å². The highest BCUT2D eigenvalue weighted by Gasteiger charge is 2.22. The van der Waals surface area contributed by atoms with Crippen LogP contribution in [0.3, 0.4) is 0 Å². The third-order valence-corrected chi connectivity index (χ3v) is 5.34. The molecule has 2 amide bonds. The van der Waals surface area contributed by atoms with Gasteiger partial charge in [0.25, 0.3) is 5.91 Å². The molecule has 0 saturated heterocycles. The molecule has 156 valence electrons. The predicted octanol–water partition coefficient (Wildman–Crippen LogP) is 4.69. The Kier molecular flexibility index (Phi) is 9.94. The number of rotatable bonds is 10. The molecule has 0 bridgehead atoms. The highest BCUT2D eigenvalue weighted by Crippen LogP contribution is 2.21. The van der Waals surface area contributed by atoms with Gasteiger partial charge in [-0.3, -0.25) is 9.59 Å². The monoisotopic (exact) mass is 474 g/mol. The number of hydrogen-bond acceptors (Lipinski definition) is 4. The first-order valence-corrected chi connectivity index (χ1v) is 11.3. The van der Waals surface area contributed by atoms with Gasteiger partial charge in [-0.15, -0.1) is 0 Å². The maximum absolute atomic E-state index is 12.5. The average Bonchev–Trinajstić information content (AvgIpc) is 2.69. The van der Waals surface area contributed by atoms with Gasteiger partial charge in [0.1, 0.15) is 18.4 Å². The SMILES string of the molecule is CSCCC(NC(=O)c1ccc(Cl)cc1Cl)C(=O)NCCOc1ccc(Cl)cc1. The summed E-state index contributed by atoms with van der Waals surface area (Å²) in [6.07, 6.45) is 2.43. The normalized spacial score (nSPS) is 11.6. The molecule has 0 radical (unpaired) electrons. The zero-order valence-electron chi connectivity index (χ0n) is 15.7. The summed E-state index contributed by atoms with van der Waals surface area (Å²) in [7, 11) is 0. The first-order valence-electron chi connectivity index (χ1n) is 8.81. The second kappa shape index (κ2) is 12.2. The quantitative estimate of drug-likeness (QED) is 0.489. The van der Waals surface area contributed by atoms with E-state index in [4.69, 9.17) is 39.5 Å². The van der Waals surface area contributed by atoms with Crippen molar-refractivity contribution in [3.8, 4) is 5.75 Å². The van der Waals surface area contributed by atoms with E-state index >= 15 is 0 Å². The molecule has 5 nitrogen and oxygen atoms in total. The highest BCUT2D eigenvalue weighted by molar-refractivity contribution is 7.98. The van der Waals surface area contributed by atoms with E-state index in [1.807, 2.05) is 6.26 Å². The fourth-order valence-electron chi connectivity index (χ4n) is 2.41. The lowest BCUT2D eigenvalue weighted by molar-refractivity contribution is -0.123. The van der Waals surface area contributed by atoms with Crippen molar-refractivity contribution in [2.24, 2.45) is 0 Å². The Labute approximate surface area is 189 Å². The molecule has 0 aliphatic rings. The maximum Gasteiger partial charge on any atom is 0.253 e. The molecule has 1 atom stereocenters. The molecule has 2 rings (SSSR count). The number of benzene rings is 2. The molecule has 29 heavy (non-hydrogen) atoms. The first-order chi connectivity index (χ1) is 13.9. The Morgan fingerprint density at radius 3 is 2.41 bits per heavy atom. The lowest BCUT2D eigenvalue weighted by Crippen LogP contribution is -2.48. The van der Waals surface area contributed by atoms with Gasteiger partial charge in [-0.1, -0.05) is 34.8 Å². The largest absolute Gasteiger partial charge is 0.492 e. The number of ether oxygens (including phenoxy) is 1. The van der Waals surface area contributed by atoms with Crippen LogP contribution in [-0.4, -0.2) is 43.0 Å². The van der Waals surface area contributed by atoms with Crippen molar-refractivity contribution in [3.63, 3.8) is 0 Å². The van der Waals surface area contributed by atoms with E-state index in [0.717, 1.165) is 0 Å². The number of nitrogens with one attached hydrogen (secondary N) is 2. The fraction of sp³-hybridized carbons (Fsp3) is 0.300. The highest BCUT2D eigenvalue weighted by atomic mass is 35.5. The molecule has 0 saturated carbocycles. The minimum atomic E-state index is -0.683. The van der Waals surface area contributed by atoms with E-state index in [1.54, 1.807) is 42.1 Å². The third kappa shape index (κ3) is 7.97. The van der Waals surface area contributed by atoms with E-state index < -0.39 is 11.9 Å². The van der Waals surface area contributed by atoms with Gasteiger partial charge in [0.2, 0.25) is 5.91 Å². The van der Waals surface area contributed by atoms with Gasteiger partial charge in [0.15, 0.2) is 0 Å². The summed E-state index contributed by atoms with van der Waals surface area (Å²) in [5, 5.41) is 6.82. The Balaban J connectivity index is 1.89. The van der Waals surface area contributed by atoms with Gasteiger partial charge in [0, 0.05) is 10.0 Å². The van der Waals surface area contributed by atoms with Crippen LogP contribution in [0.4, 0.5) is 0 Å². The molecule has 2 N–H and O–H groups in total. The number of amides is 2. The minimum Gasteiger partial charge on any atom is -0.492 e. The van der Waals surface area contributed by atoms with Crippen LogP contribution in [0.25, 0.3) is 0 Å². The maximum atomic E-state index is 12.5. The number of halogens is 3. The van der Waals surface area contributed by atoms with Crippen molar-refractivity contribution in [2.45, 2.75) is 12.5 Å². The molecule has 0 heterocycles. The van der Waals surface area contributed by atoms with Crippen LogP contribution < -0.4 is 15.4 Å². The average molecular weight is 476 g/mol. The second-order valence-electron chi connectivity index (χ2n) is 6.03. The summed E-state index contributed by atoms with van der Waals surface area (Å²) in [6, 6.07) is 10.9. The van der Waals surface area contributed by atoms with Gasteiger partial charge in [-0.25, -0.2) is 0 Å². The second-order valence-corrected chi connectivity index (χ2v) is 8.29. The van der Waals surface area contributed by atoms with Gasteiger partial charge in [0.05, 0.1) is 17.1 Å². The summed E-state index contributed by atoms with van der Waals surface area (Å²) in [6.45, 7) is 0.592. The van der Waals surface area contributed by atoms with Crippen LogP contribution >= 0.6 is 46.6 Å². The fourth-order valence-corrected chi connectivity index (χ4v) is 3.50. The molecule has 1 unspecified atom stereocenters. The molecule has 0 fully saturated rings. The molecule has 0 spiro atoms. The lowest BCUT2D eigenvalue weighted by Gasteiger charge is -2.19. The molecular formula is C20H21Cl3N2O3S. The number of carbonyl (C=O) groups is 2. The van der Waals surface area contributed by atoms with Gasteiger partial charge in [-0.05, 0) is 60.9 Å². The van der Waals surface area contributed by atoms with Crippen molar-refractivity contribution in [3.05, 3.63) is 63.1 Å². The number of hydrogen-bond donors (Lipinski definition) is 2. The van der Waals surface area contributed by atoms with Crippen LogP contribution in [0.2, 0.25) is 15.1 Å². The third-order valence-electron chi connectivity index (χ3n) is 3.89. The molecule has 2 aromatic carbocycles. The standard InChI is InChI=1S/C20H21Cl3N2O3S/c1-29-11-8-18(25-19(26)16-7-4-14(22)12-17(16)23)20(27)24-9-10-28-15-5-2-13(21)3-6-15/h2-7,12,18H,8-11H2,1H3,(H,24,27)(H,25,26). The van der Waals surface area contributed by atoms with Gasteiger partial charge >= 0.3 is 0 Å². The molecule has 0 aliphatic carbocycles. The van der Waals surface area contributed by atoms with E-state index in [9.17, 15) is 9.59 Å². The van der Waals surface area contributed by atoms with E-state index in [1.165, 1.54) is 12.1 Å². The van der Waals surface area contributed by atoms with Crippen molar-refractivity contribution in [2.75, 3.05) is 25.2 Å². The topological polar surface area (TPSA) is 67.4 Å². The Bertz CT molecular complexity index is 834. The summed E-state index contributed by atoms with van der Waals surface area (Å²) < 4.78 is 5.55.